The summed E-state index contributed by atoms with van der Waals surface area (Å²) in [5.74, 6) is -0.883. The Balaban J connectivity index is 2.83. The van der Waals surface area contributed by atoms with E-state index >= 15 is 0 Å². The van der Waals surface area contributed by atoms with E-state index in [1.165, 1.54) is 12.1 Å². The number of nitrogens with one attached hydrogen (secondary N) is 1. The van der Waals surface area contributed by atoms with Crippen LogP contribution < -0.4 is 5.32 Å². The maximum atomic E-state index is 13.8. The number of amides is 1. The van der Waals surface area contributed by atoms with Crippen LogP contribution in [-0.2, 0) is 14.6 Å². The average Bonchev–Trinajstić information content (AvgIpc) is 2.34. The molecule has 0 aromatic heterocycles. The Labute approximate surface area is 119 Å². The van der Waals surface area contributed by atoms with E-state index in [1.807, 2.05) is 6.92 Å². The molecule has 1 unspecified atom stereocenters. The Morgan fingerprint density at radius 1 is 1.40 bits per heavy atom. The van der Waals surface area contributed by atoms with Gasteiger partial charge in [0.15, 0.2) is 9.84 Å². The lowest BCUT2D eigenvalue weighted by Gasteiger charge is -2.15. The molecular formula is C14H20FNO3S. The Bertz CT molecular complexity index is 584. The lowest BCUT2D eigenvalue weighted by Crippen LogP contribution is -2.26. The predicted octanol–water partition coefficient (Wildman–Crippen LogP) is 2.60. The molecule has 0 spiro atoms. The normalized spacial score (nSPS) is 13.0. The van der Waals surface area contributed by atoms with Gasteiger partial charge < -0.3 is 5.32 Å². The minimum absolute atomic E-state index is 0.0908. The third kappa shape index (κ3) is 4.59. The average molecular weight is 301 g/mol. The number of sulfone groups is 1. The van der Waals surface area contributed by atoms with Crippen LogP contribution in [0, 0.1) is 5.82 Å². The fourth-order valence-corrected chi connectivity index (χ4v) is 2.55. The second-order valence-corrected chi connectivity index (χ2v) is 6.84. The molecule has 1 amide bonds. The van der Waals surface area contributed by atoms with Crippen molar-refractivity contribution in [3.8, 4) is 0 Å². The Morgan fingerprint density at radius 2 is 2.05 bits per heavy atom. The molecule has 6 heteroatoms. The highest BCUT2D eigenvalue weighted by Gasteiger charge is 2.16. The topological polar surface area (TPSA) is 63.2 Å². The second kappa shape index (κ2) is 6.83. The molecule has 0 aliphatic heterocycles. The monoisotopic (exact) mass is 301 g/mol. The number of rotatable bonds is 6. The van der Waals surface area contributed by atoms with Crippen LogP contribution in [0.15, 0.2) is 23.1 Å². The summed E-state index contributed by atoms with van der Waals surface area (Å²) in [6.45, 7) is 3.73. The first-order valence-corrected chi connectivity index (χ1v) is 8.43. The molecule has 0 saturated heterocycles. The van der Waals surface area contributed by atoms with Crippen molar-refractivity contribution in [1.82, 2.24) is 5.32 Å². The lowest BCUT2D eigenvalue weighted by molar-refractivity contribution is -0.121. The van der Waals surface area contributed by atoms with Gasteiger partial charge in [-0.3, -0.25) is 4.79 Å². The number of hydrogen-bond donors (Lipinski definition) is 1. The van der Waals surface area contributed by atoms with Crippen LogP contribution in [0.4, 0.5) is 4.39 Å². The second-order valence-electron chi connectivity index (χ2n) is 4.85. The molecule has 0 saturated carbocycles. The summed E-state index contributed by atoms with van der Waals surface area (Å²) in [4.78, 5) is 11.3. The van der Waals surface area contributed by atoms with E-state index in [9.17, 15) is 17.6 Å². The predicted molar refractivity (Wildman–Crippen MR) is 75.6 cm³/mol. The van der Waals surface area contributed by atoms with Crippen LogP contribution >= 0.6 is 0 Å². The van der Waals surface area contributed by atoms with Gasteiger partial charge in [0.1, 0.15) is 10.7 Å². The maximum Gasteiger partial charge on any atom is 0.220 e. The van der Waals surface area contributed by atoms with Gasteiger partial charge in [0.2, 0.25) is 5.91 Å². The number of benzene rings is 1. The van der Waals surface area contributed by atoms with E-state index in [1.54, 1.807) is 6.92 Å². The number of hydrogen-bond acceptors (Lipinski definition) is 3. The summed E-state index contributed by atoms with van der Waals surface area (Å²) >= 11 is 0. The van der Waals surface area contributed by atoms with Gasteiger partial charge in [0, 0.05) is 12.7 Å². The first-order valence-electron chi connectivity index (χ1n) is 6.54. The van der Waals surface area contributed by atoms with Crippen LogP contribution in [-0.4, -0.2) is 20.6 Å². The van der Waals surface area contributed by atoms with E-state index in [-0.39, 0.29) is 16.8 Å². The summed E-state index contributed by atoms with van der Waals surface area (Å²) in [6, 6.07) is 3.54. The van der Waals surface area contributed by atoms with Crippen molar-refractivity contribution in [3.05, 3.63) is 29.6 Å². The summed E-state index contributed by atoms with van der Waals surface area (Å²) < 4.78 is 36.4. The molecule has 1 aromatic carbocycles. The molecule has 0 radical (unpaired) electrons. The van der Waals surface area contributed by atoms with Gasteiger partial charge in [0.05, 0.1) is 6.04 Å². The summed E-state index contributed by atoms with van der Waals surface area (Å²) in [7, 11) is -3.57. The van der Waals surface area contributed by atoms with Gasteiger partial charge in [0.25, 0.3) is 0 Å². The lowest BCUT2D eigenvalue weighted by atomic mass is 10.1. The van der Waals surface area contributed by atoms with Crippen molar-refractivity contribution in [3.63, 3.8) is 0 Å². The minimum atomic E-state index is -3.57. The van der Waals surface area contributed by atoms with Crippen molar-refractivity contribution in [1.29, 1.82) is 0 Å². The van der Waals surface area contributed by atoms with Gasteiger partial charge >= 0.3 is 0 Å². The van der Waals surface area contributed by atoms with Crippen molar-refractivity contribution in [2.75, 3.05) is 6.26 Å². The van der Waals surface area contributed by atoms with Gasteiger partial charge in [-0.25, -0.2) is 12.8 Å². The molecule has 1 N–H and O–H groups in total. The summed E-state index contributed by atoms with van der Waals surface area (Å²) in [5, 5.41) is 2.76. The van der Waals surface area contributed by atoms with Gasteiger partial charge in [-0.15, -0.1) is 0 Å². The van der Waals surface area contributed by atoms with Crippen molar-refractivity contribution in [2.45, 2.75) is 44.0 Å². The molecule has 1 atom stereocenters. The van der Waals surface area contributed by atoms with E-state index in [0.29, 0.717) is 12.0 Å². The Morgan fingerprint density at radius 3 is 2.55 bits per heavy atom. The van der Waals surface area contributed by atoms with Gasteiger partial charge in [-0.1, -0.05) is 19.4 Å². The molecular weight excluding hydrogens is 281 g/mol. The van der Waals surface area contributed by atoms with Gasteiger partial charge in [-0.2, -0.15) is 0 Å². The molecule has 0 bridgehead atoms. The van der Waals surface area contributed by atoms with Crippen LogP contribution in [0.2, 0.25) is 0 Å². The molecule has 4 nitrogen and oxygen atoms in total. The fraction of sp³-hybridized carbons (Fsp3) is 0.500. The molecule has 0 aliphatic rings. The smallest absolute Gasteiger partial charge is 0.220 e. The Hall–Kier alpha value is -1.43. The summed E-state index contributed by atoms with van der Waals surface area (Å²) in [6.07, 6.45) is 3.13. The number of unbranched alkanes of at least 4 members (excludes halogenated alkanes) is 1. The molecule has 0 heterocycles. The van der Waals surface area contributed by atoms with Crippen molar-refractivity contribution >= 4 is 15.7 Å². The Kier molecular flexibility index (Phi) is 5.68. The number of carbonyl (C=O) groups is 1. The number of halogens is 1. The SMILES string of the molecule is CCCCC(=O)NC(C)c1ccc(S(C)(=O)=O)c(F)c1. The highest BCUT2D eigenvalue weighted by atomic mass is 32.2. The van der Waals surface area contributed by atoms with Crippen molar-refractivity contribution in [2.24, 2.45) is 0 Å². The first-order chi connectivity index (χ1) is 9.25. The minimum Gasteiger partial charge on any atom is -0.350 e. The maximum absolute atomic E-state index is 13.8. The zero-order valence-corrected chi connectivity index (χ0v) is 12.8. The molecule has 0 fully saturated rings. The zero-order chi connectivity index (χ0) is 15.3. The first kappa shape index (κ1) is 16.6. The molecule has 1 rings (SSSR count). The largest absolute Gasteiger partial charge is 0.350 e. The molecule has 0 aliphatic carbocycles. The molecule has 1 aromatic rings. The van der Waals surface area contributed by atoms with Crippen LogP contribution in [0.1, 0.15) is 44.7 Å². The van der Waals surface area contributed by atoms with Crippen molar-refractivity contribution < 1.29 is 17.6 Å². The third-order valence-corrected chi connectivity index (χ3v) is 4.12. The van der Waals surface area contributed by atoms with E-state index < -0.39 is 15.7 Å². The van der Waals surface area contributed by atoms with E-state index in [0.717, 1.165) is 25.2 Å². The fourth-order valence-electron chi connectivity index (χ4n) is 1.82. The van der Waals surface area contributed by atoms with Crippen LogP contribution in [0.25, 0.3) is 0 Å². The standard InChI is InChI=1S/C14H20FNO3S/c1-4-5-6-14(17)16-10(2)11-7-8-13(12(15)9-11)20(3,18)19/h7-10H,4-6H2,1-3H3,(H,16,17). The quantitative estimate of drug-likeness (QED) is 0.878. The molecule has 20 heavy (non-hydrogen) atoms. The van der Waals surface area contributed by atoms with Gasteiger partial charge in [-0.05, 0) is 31.0 Å². The molecule has 112 valence electrons. The highest BCUT2D eigenvalue weighted by molar-refractivity contribution is 7.90. The zero-order valence-electron chi connectivity index (χ0n) is 11.9. The van der Waals surface area contributed by atoms with E-state index in [2.05, 4.69) is 5.32 Å². The number of carbonyl (C=O) groups excluding carboxylic acids is 1. The summed E-state index contributed by atoms with van der Waals surface area (Å²) in [5.41, 5.74) is 0.541. The van der Waals surface area contributed by atoms with Crippen LogP contribution in [0.3, 0.4) is 0 Å². The van der Waals surface area contributed by atoms with Crippen LogP contribution in [0.5, 0.6) is 0 Å². The van der Waals surface area contributed by atoms with E-state index in [4.69, 9.17) is 0 Å². The highest BCUT2D eigenvalue weighted by Crippen LogP contribution is 2.20. The third-order valence-electron chi connectivity index (χ3n) is 2.99.